The molecular weight excluding hydrogens is 340 g/mol. The van der Waals surface area contributed by atoms with Gasteiger partial charge in [0.05, 0.1) is 0 Å². The summed E-state index contributed by atoms with van der Waals surface area (Å²) in [6, 6.07) is 9.40. The molecule has 5 heteroatoms. The Kier molecular flexibility index (Phi) is 4.22. The van der Waals surface area contributed by atoms with Crippen molar-refractivity contribution in [2.24, 2.45) is 0 Å². The monoisotopic (exact) mass is 353 g/mol. The fraction of sp³-hybridized carbons (Fsp3) is 0.250. The first-order chi connectivity index (χ1) is 10.1. The molecule has 0 radical (unpaired) electrons. The Bertz CT molecular complexity index is 638. The van der Waals surface area contributed by atoms with Gasteiger partial charge in [-0.3, -0.25) is 0 Å². The molecule has 2 aromatic carbocycles. The summed E-state index contributed by atoms with van der Waals surface area (Å²) in [5, 5.41) is 3.26. The maximum Gasteiger partial charge on any atom is 0.134 e. The lowest BCUT2D eigenvalue weighted by Gasteiger charge is -2.13. The molecule has 21 heavy (non-hydrogen) atoms. The number of halogens is 3. The van der Waals surface area contributed by atoms with E-state index in [9.17, 15) is 8.78 Å². The first-order valence-corrected chi connectivity index (χ1v) is 7.56. The zero-order valence-corrected chi connectivity index (χ0v) is 12.8. The van der Waals surface area contributed by atoms with Gasteiger partial charge in [-0.1, -0.05) is 22.0 Å². The topological polar surface area (TPSA) is 21.3 Å². The van der Waals surface area contributed by atoms with E-state index in [1.165, 1.54) is 18.2 Å². The van der Waals surface area contributed by atoms with Crippen LogP contribution in [-0.2, 0) is 6.54 Å². The van der Waals surface area contributed by atoms with Gasteiger partial charge in [0.1, 0.15) is 23.1 Å². The van der Waals surface area contributed by atoms with Crippen molar-refractivity contribution in [1.29, 1.82) is 0 Å². The first kappa shape index (κ1) is 14.5. The van der Waals surface area contributed by atoms with Crippen LogP contribution in [0, 0.1) is 11.6 Å². The Hall–Kier alpha value is -1.46. The highest BCUT2D eigenvalue weighted by atomic mass is 79.9. The van der Waals surface area contributed by atoms with Gasteiger partial charge in [-0.15, -0.1) is 0 Å². The molecule has 2 nitrogen and oxygen atoms in total. The molecule has 0 saturated heterocycles. The average Bonchev–Trinajstić information content (AvgIpc) is 3.21. The molecule has 0 atom stereocenters. The van der Waals surface area contributed by atoms with Crippen molar-refractivity contribution in [3.05, 3.63) is 58.1 Å². The summed E-state index contributed by atoms with van der Waals surface area (Å²) < 4.78 is 33.6. The van der Waals surface area contributed by atoms with Gasteiger partial charge in [0.2, 0.25) is 0 Å². The van der Waals surface area contributed by atoms with E-state index in [2.05, 4.69) is 21.2 Å². The zero-order chi connectivity index (χ0) is 14.8. The molecule has 0 unspecified atom stereocenters. The number of hydrogen-bond donors (Lipinski definition) is 1. The third-order valence-corrected chi connectivity index (χ3v) is 3.74. The van der Waals surface area contributed by atoms with Crippen LogP contribution in [0.3, 0.4) is 0 Å². The van der Waals surface area contributed by atoms with Crippen molar-refractivity contribution in [2.75, 3.05) is 0 Å². The van der Waals surface area contributed by atoms with Crippen LogP contribution in [0.2, 0.25) is 0 Å². The molecular formula is C16H14BrF2NO. The van der Waals surface area contributed by atoms with Crippen molar-refractivity contribution in [2.45, 2.75) is 25.4 Å². The second kappa shape index (κ2) is 6.12. The standard InChI is InChI=1S/C16H14BrF2NO/c17-10-6-11(18)8-13(7-10)21-16-3-1-2-15(19)14(16)9-20-12-4-5-12/h1-3,6-8,12,20H,4-5,9H2. The van der Waals surface area contributed by atoms with E-state index >= 15 is 0 Å². The van der Waals surface area contributed by atoms with Crippen molar-refractivity contribution in [1.82, 2.24) is 5.32 Å². The minimum atomic E-state index is -0.409. The van der Waals surface area contributed by atoms with Crippen LogP contribution < -0.4 is 10.1 Å². The van der Waals surface area contributed by atoms with Gasteiger partial charge in [0.15, 0.2) is 0 Å². The van der Waals surface area contributed by atoms with Crippen LogP contribution >= 0.6 is 15.9 Å². The number of rotatable bonds is 5. The lowest BCUT2D eigenvalue weighted by atomic mass is 10.2. The smallest absolute Gasteiger partial charge is 0.134 e. The quantitative estimate of drug-likeness (QED) is 0.835. The van der Waals surface area contributed by atoms with E-state index in [-0.39, 0.29) is 5.82 Å². The molecule has 0 heterocycles. The highest BCUT2D eigenvalue weighted by Crippen LogP contribution is 2.30. The van der Waals surface area contributed by atoms with Crippen molar-refractivity contribution in [3.8, 4) is 11.5 Å². The van der Waals surface area contributed by atoms with Crippen molar-refractivity contribution in [3.63, 3.8) is 0 Å². The summed E-state index contributed by atoms with van der Waals surface area (Å²) in [7, 11) is 0. The fourth-order valence-corrected chi connectivity index (χ4v) is 2.50. The highest BCUT2D eigenvalue weighted by molar-refractivity contribution is 9.10. The molecule has 0 spiro atoms. The van der Waals surface area contributed by atoms with Crippen molar-refractivity contribution >= 4 is 15.9 Å². The van der Waals surface area contributed by atoms with E-state index in [0.717, 1.165) is 12.8 Å². The van der Waals surface area contributed by atoms with E-state index in [0.29, 0.717) is 34.1 Å². The Morgan fingerprint density at radius 1 is 1.19 bits per heavy atom. The maximum atomic E-state index is 14.0. The first-order valence-electron chi connectivity index (χ1n) is 6.76. The van der Waals surface area contributed by atoms with Gasteiger partial charge in [-0.05, 0) is 37.1 Å². The maximum absolute atomic E-state index is 14.0. The molecule has 0 aromatic heterocycles. The fourth-order valence-electron chi connectivity index (χ4n) is 2.05. The molecule has 3 rings (SSSR count). The molecule has 0 amide bonds. The lowest BCUT2D eigenvalue weighted by molar-refractivity contribution is 0.457. The third kappa shape index (κ3) is 3.80. The predicted octanol–water partition coefficient (Wildman–Crippen LogP) is 4.77. The summed E-state index contributed by atoms with van der Waals surface area (Å²) in [4.78, 5) is 0. The van der Waals surface area contributed by atoms with Crippen LogP contribution in [0.1, 0.15) is 18.4 Å². The normalized spacial score (nSPS) is 14.2. The number of benzene rings is 2. The SMILES string of the molecule is Fc1cc(Br)cc(Oc2cccc(F)c2CNC2CC2)c1. The minimum Gasteiger partial charge on any atom is -0.457 e. The van der Waals surface area contributed by atoms with Crippen LogP contribution in [0.25, 0.3) is 0 Å². The van der Waals surface area contributed by atoms with Crippen LogP contribution in [-0.4, -0.2) is 6.04 Å². The lowest BCUT2D eigenvalue weighted by Crippen LogP contribution is -2.16. The summed E-state index contributed by atoms with van der Waals surface area (Å²) >= 11 is 3.21. The summed E-state index contributed by atoms with van der Waals surface area (Å²) in [5.74, 6) is 0.00495. The van der Waals surface area contributed by atoms with Gasteiger partial charge in [-0.2, -0.15) is 0 Å². The Morgan fingerprint density at radius 2 is 2.00 bits per heavy atom. The molecule has 1 aliphatic carbocycles. The predicted molar refractivity (Wildman–Crippen MR) is 80.4 cm³/mol. The van der Waals surface area contributed by atoms with Gasteiger partial charge in [0, 0.05) is 28.7 Å². The Morgan fingerprint density at radius 3 is 2.71 bits per heavy atom. The average molecular weight is 354 g/mol. The largest absolute Gasteiger partial charge is 0.457 e. The van der Waals surface area contributed by atoms with Crippen molar-refractivity contribution < 1.29 is 13.5 Å². The summed E-state index contributed by atoms with van der Waals surface area (Å²) in [6.45, 7) is 0.406. The molecule has 1 N–H and O–H groups in total. The second-order valence-corrected chi connectivity index (χ2v) is 5.99. The van der Waals surface area contributed by atoms with E-state index < -0.39 is 5.82 Å². The van der Waals surface area contributed by atoms with E-state index in [1.807, 2.05) is 0 Å². The van der Waals surface area contributed by atoms with E-state index in [1.54, 1.807) is 18.2 Å². The third-order valence-electron chi connectivity index (χ3n) is 3.28. The minimum absolute atomic E-state index is 0.323. The van der Waals surface area contributed by atoms with Crippen LogP contribution in [0.15, 0.2) is 40.9 Å². The van der Waals surface area contributed by atoms with Gasteiger partial charge in [0.25, 0.3) is 0 Å². The summed E-state index contributed by atoms with van der Waals surface area (Å²) in [5.41, 5.74) is 0.463. The molecule has 1 aliphatic rings. The molecule has 1 saturated carbocycles. The molecule has 110 valence electrons. The van der Waals surface area contributed by atoms with Crippen LogP contribution in [0.4, 0.5) is 8.78 Å². The second-order valence-electron chi connectivity index (χ2n) is 5.08. The molecule has 0 aliphatic heterocycles. The van der Waals surface area contributed by atoms with Gasteiger partial charge in [-0.25, -0.2) is 8.78 Å². The Balaban J connectivity index is 1.84. The Labute approximate surface area is 130 Å². The molecule has 2 aromatic rings. The van der Waals surface area contributed by atoms with Gasteiger partial charge < -0.3 is 10.1 Å². The van der Waals surface area contributed by atoms with Crippen LogP contribution in [0.5, 0.6) is 11.5 Å². The molecule has 0 bridgehead atoms. The van der Waals surface area contributed by atoms with Gasteiger partial charge >= 0.3 is 0 Å². The zero-order valence-electron chi connectivity index (χ0n) is 11.2. The highest BCUT2D eigenvalue weighted by Gasteiger charge is 2.21. The van der Waals surface area contributed by atoms with E-state index in [4.69, 9.17) is 4.74 Å². The number of nitrogens with one attached hydrogen (secondary N) is 1. The molecule has 1 fully saturated rings. The summed E-state index contributed by atoms with van der Waals surface area (Å²) in [6.07, 6.45) is 2.25. The number of hydrogen-bond acceptors (Lipinski definition) is 2. The number of ether oxygens (including phenoxy) is 1.